The smallest absolute Gasteiger partial charge is 0.326 e. The molecule has 0 aromatic heterocycles. The van der Waals surface area contributed by atoms with Crippen molar-refractivity contribution < 1.29 is 9.53 Å². The molecule has 1 heterocycles. The van der Waals surface area contributed by atoms with Gasteiger partial charge in [0.1, 0.15) is 5.54 Å². The zero-order chi connectivity index (χ0) is 15.1. The van der Waals surface area contributed by atoms with Gasteiger partial charge in [0.15, 0.2) is 0 Å². The third-order valence-corrected chi connectivity index (χ3v) is 4.60. The molecule has 1 saturated heterocycles. The molecule has 1 aliphatic heterocycles. The summed E-state index contributed by atoms with van der Waals surface area (Å²) in [6, 6.07) is 10.4. The fraction of sp³-hybridized carbons (Fsp3) is 0.611. The van der Waals surface area contributed by atoms with Crippen molar-refractivity contribution in [3.05, 3.63) is 35.9 Å². The number of unbranched alkanes of at least 4 members (excludes halogenated alkanes) is 2. The monoisotopic (exact) mass is 289 g/mol. The highest BCUT2D eigenvalue weighted by Crippen LogP contribution is 2.36. The molecule has 0 spiro atoms. The van der Waals surface area contributed by atoms with Crippen LogP contribution in [0.25, 0.3) is 0 Å². The van der Waals surface area contributed by atoms with Gasteiger partial charge in [-0.25, -0.2) is 0 Å². The Hall–Kier alpha value is -1.35. The summed E-state index contributed by atoms with van der Waals surface area (Å²) < 4.78 is 5.16. The SMILES string of the molecule is CCCCC[C@@]1(C(=O)OC)CCCN1Cc1ccccc1. The van der Waals surface area contributed by atoms with Gasteiger partial charge in [-0.1, -0.05) is 56.5 Å². The minimum absolute atomic E-state index is 0.0490. The number of nitrogens with zero attached hydrogens (tertiary/aromatic N) is 1. The summed E-state index contributed by atoms with van der Waals surface area (Å²) in [7, 11) is 1.52. The Labute approximate surface area is 128 Å². The van der Waals surface area contributed by atoms with Gasteiger partial charge in [0.05, 0.1) is 7.11 Å². The summed E-state index contributed by atoms with van der Waals surface area (Å²) in [5.41, 5.74) is 0.864. The van der Waals surface area contributed by atoms with E-state index in [0.29, 0.717) is 0 Å². The molecule has 0 unspecified atom stereocenters. The van der Waals surface area contributed by atoms with E-state index in [-0.39, 0.29) is 5.97 Å². The summed E-state index contributed by atoms with van der Waals surface area (Å²) in [6.45, 7) is 4.01. The molecule has 0 saturated carbocycles. The minimum Gasteiger partial charge on any atom is -0.468 e. The maximum Gasteiger partial charge on any atom is 0.326 e. The van der Waals surface area contributed by atoms with Crippen LogP contribution in [0, 0.1) is 0 Å². The molecule has 1 aromatic rings. The van der Waals surface area contributed by atoms with Gasteiger partial charge in [0, 0.05) is 6.54 Å². The number of carbonyl (C=O) groups is 1. The predicted octanol–water partition coefficient (Wildman–Crippen LogP) is 3.77. The Balaban J connectivity index is 2.14. The molecule has 0 radical (unpaired) electrons. The highest BCUT2D eigenvalue weighted by molar-refractivity contribution is 5.81. The molecular weight excluding hydrogens is 262 g/mol. The van der Waals surface area contributed by atoms with Crippen LogP contribution in [-0.2, 0) is 16.1 Å². The van der Waals surface area contributed by atoms with Gasteiger partial charge in [-0.05, 0) is 31.4 Å². The Morgan fingerprint density at radius 1 is 1.29 bits per heavy atom. The van der Waals surface area contributed by atoms with Crippen molar-refractivity contribution in [2.75, 3.05) is 13.7 Å². The quantitative estimate of drug-likeness (QED) is 0.565. The zero-order valence-electron chi connectivity index (χ0n) is 13.3. The van der Waals surface area contributed by atoms with Crippen molar-refractivity contribution in [2.45, 2.75) is 57.5 Å². The molecule has 3 heteroatoms. The van der Waals surface area contributed by atoms with Crippen LogP contribution in [0.15, 0.2) is 30.3 Å². The average molecular weight is 289 g/mol. The lowest BCUT2D eigenvalue weighted by atomic mass is 9.89. The van der Waals surface area contributed by atoms with E-state index < -0.39 is 5.54 Å². The molecule has 0 aliphatic carbocycles. The Morgan fingerprint density at radius 3 is 2.71 bits per heavy atom. The number of hydrogen-bond acceptors (Lipinski definition) is 3. The Kier molecular flexibility index (Phi) is 5.80. The maximum atomic E-state index is 12.5. The summed E-state index contributed by atoms with van der Waals surface area (Å²) in [5, 5.41) is 0. The van der Waals surface area contributed by atoms with E-state index >= 15 is 0 Å². The van der Waals surface area contributed by atoms with Crippen LogP contribution in [0.3, 0.4) is 0 Å². The molecular formula is C18H27NO2. The summed E-state index contributed by atoms with van der Waals surface area (Å²) in [4.78, 5) is 14.8. The highest BCUT2D eigenvalue weighted by atomic mass is 16.5. The van der Waals surface area contributed by atoms with Crippen molar-refractivity contribution >= 4 is 5.97 Å². The summed E-state index contributed by atoms with van der Waals surface area (Å²) in [5.74, 6) is -0.0490. The van der Waals surface area contributed by atoms with Gasteiger partial charge in [-0.2, -0.15) is 0 Å². The number of methoxy groups -OCH3 is 1. The van der Waals surface area contributed by atoms with Crippen LogP contribution < -0.4 is 0 Å². The second-order valence-electron chi connectivity index (χ2n) is 5.99. The molecule has 1 aromatic carbocycles. The number of esters is 1. The van der Waals surface area contributed by atoms with Gasteiger partial charge in [0.2, 0.25) is 0 Å². The van der Waals surface area contributed by atoms with Crippen molar-refractivity contribution in [1.29, 1.82) is 0 Å². The van der Waals surface area contributed by atoms with Gasteiger partial charge in [-0.15, -0.1) is 0 Å². The Bertz CT molecular complexity index is 446. The van der Waals surface area contributed by atoms with Gasteiger partial charge in [0.25, 0.3) is 0 Å². The predicted molar refractivity (Wildman–Crippen MR) is 85.0 cm³/mol. The lowest BCUT2D eigenvalue weighted by molar-refractivity contribution is -0.154. The van der Waals surface area contributed by atoms with Crippen LogP contribution >= 0.6 is 0 Å². The topological polar surface area (TPSA) is 29.5 Å². The molecule has 1 aliphatic rings. The van der Waals surface area contributed by atoms with Crippen molar-refractivity contribution in [1.82, 2.24) is 4.90 Å². The molecule has 21 heavy (non-hydrogen) atoms. The maximum absolute atomic E-state index is 12.5. The molecule has 3 nitrogen and oxygen atoms in total. The van der Waals surface area contributed by atoms with Crippen molar-refractivity contribution in [3.8, 4) is 0 Å². The van der Waals surface area contributed by atoms with E-state index in [2.05, 4.69) is 36.1 Å². The number of rotatable bonds is 7. The third-order valence-electron chi connectivity index (χ3n) is 4.60. The summed E-state index contributed by atoms with van der Waals surface area (Å²) in [6.07, 6.45) is 6.37. The zero-order valence-corrected chi connectivity index (χ0v) is 13.3. The number of likely N-dealkylation sites (tertiary alicyclic amines) is 1. The molecule has 2 rings (SSSR count). The van der Waals surface area contributed by atoms with Gasteiger partial charge in [-0.3, -0.25) is 9.69 Å². The molecule has 1 fully saturated rings. The first-order valence-corrected chi connectivity index (χ1v) is 8.10. The van der Waals surface area contributed by atoms with Crippen LogP contribution in [0.2, 0.25) is 0 Å². The van der Waals surface area contributed by atoms with Crippen LogP contribution in [0.4, 0.5) is 0 Å². The third kappa shape index (κ3) is 3.65. The lowest BCUT2D eigenvalue weighted by Crippen LogP contribution is -2.50. The fourth-order valence-corrected chi connectivity index (χ4v) is 3.44. The second kappa shape index (κ2) is 7.60. The number of hydrogen-bond donors (Lipinski definition) is 0. The molecule has 0 N–H and O–H groups in total. The molecule has 1 atom stereocenters. The molecule has 116 valence electrons. The first-order chi connectivity index (χ1) is 10.2. The van der Waals surface area contributed by atoms with E-state index in [9.17, 15) is 4.79 Å². The van der Waals surface area contributed by atoms with E-state index in [4.69, 9.17) is 4.74 Å². The van der Waals surface area contributed by atoms with E-state index in [1.54, 1.807) is 0 Å². The van der Waals surface area contributed by atoms with Crippen LogP contribution in [0.5, 0.6) is 0 Å². The largest absolute Gasteiger partial charge is 0.468 e. The first kappa shape index (κ1) is 16.0. The summed E-state index contributed by atoms with van der Waals surface area (Å²) >= 11 is 0. The van der Waals surface area contributed by atoms with Crippen LogP contribution in [-0.4, -0.2) is 30.1 Å². The second-order valence-corrected chi connectivity index (χ2v) is 5.99. The fourth-order valence-electron chi connectivity index (χ4n) is 3.44. The lowest BCUT2D eigenvalue weighted by Gasteiger charge is -2.36. The van der Waals surface area contributed by atoms with Crippen LogP contribution in [0.1, 0.15) is 51.0 Å². The molecule has 0 bridgehead atoms. The normalized spacial score (nSPS) is 22.4. The van der Waals surface area contributed by atoms with Crippen molar-refractivity contribution in [3.63, 3.8) is 0 Å². The Morgan fingerprint density at radius 2 is 2.05 bits per heavy atom. The van der Waals surface area contributed by atoms with Gasteiger partial charge >= 0.3 is 5.97 Å². The standard InChI is InChI=1S/C18H27NO2/c1-3-4-8-12-18(17(20)21-2)13-9-14-19(18)15-16-10-6-5-7-11-16/h5-7,10-11H,3-4,8-9,12-15H2,1-2H3/t18-/m0/s1. The van der Waals surface area contributed by atoms with E-state index in [0.717, 1.165) is 38.8 Å². The highest BCUT2D eigenvalue weighted by Gasteiger charge is 2.47. The number of benzene rings is 1. The van der Waals surface area contributed by atoms with E-state index in [1.807, 2.05) is 6.07 Å². The molecule has 0 amide bonds. The van der Waals surface area contributed by atoms with Gasteiger partial charge < -0.3 is 4.74 Å². The van der Waals surface area contributed by atoms with Crippen molar-refractivity contribution in [2.24, 2.45) is 0 Å². The number of ether oxygens (including phenoxy) is 1. The minimum atomic E-state index is -0.403. The number of carbonyl (C=O) groups excluding carboxylic acids is 1. The average Bonchev–Trinajstić information content (AvgIpc) is 2.92. The first-order valence-electron chi connectivity index (χ1n) is 8.10. The van der Waals surface area contributed by atoms with E-state index in [1.165, 1.54) is 25.5 Å².